The number of halogens is 1. The number of ether oxygens (including phenoxy) is 1. The van der Waals surface area contributed by atoms with Gasteiger partial charge < -0.3 is 19.8 Å². The van der Waals surface area contributed by atoms with Crippen LogP contribution in [0.5, 0.6) is 5.75 Å². The molecule has 2 aromatic carbocycles. The molecule has 0 saturated carbocycles. The van der Waals surface area contributed by atoms with Gasteiger partial charge >= 0.3 is 0 Å². The van der Waals surface area contributed by atoms with E-state index in [2.05, 4.69) is 65.6 Å². The summed E-state index contributed by atoms with van der Waals surface area (Å²) < 4.78 is 11.6. The molecule has 0 unspecified atom stereocenters. The lowest BCUT2D eigenvalue weighted by molar-refractivity contribution is 0.306. The summed E-state index contributed by atoms with van der Waals surface area (Å²) in [6.07, 6.45) is 1.79. The summed E-state index contributed by atoms with van der Waals surface area (Å²) in [5.74, 6) is 3.09. The van der Waals surface area contributed by atoms with E-state index in [1.807, 2.05) is 30.3 Å². The standard InChI is InChI=1S/C24H30N4O2.HI/c1-24(2,3)21-15-26-22(30-21)16-28-23(25-4)27-14-18-10-12-19(13-11-18)17-29-20-8-6-5-7-9-20;/h5-13,15H,14,16-17H2,1-4H3,(H2,25,27,28);1H. The Bertz CT molecular complexity index is 948. The highest BCUT2D eigenvalue weighted by Crippen LogP contribution is 2.22. The fourth-order valence-electron chi connectivity index (χ4n) is 2.74. The average Bonchev–Trinajstić information content (AvgIpc) is 3.24. The molecule has 1 heterocycles. The third-order valence-electron chi connectivity index (χ3n) is 4.56. The molecule has 31 heavy (non-hydrogen) atoms. The maximum atomic E-state index is 5.81. The van der Waals surface area contributed by atoms with E-state index in [1.165, 1.54) is 0 Å². The maximum absolute atomic E-state index is 5.81. The monoisotopic (exact) mass is 534 g/mol. The lowest BCUT2D eigenvalue weighted by atomic mass is 9.94. The number of benzene rings is 2. The molecule has 0 radical (unpaired) electrons. The van der Waals surface area contributed by atoms with Crippen LogP contribution in [0.25, 0.3) is 0 Å². The maximum Gasteiger partial charge on any atom is 0.213 e. The average molecular weight is 534 g/mol. The molecule has 0 atom stereocenters. The van der Waals surface area contributed by atoms with Gasteiger partial charge in [-0.2, -0.15) is 0 Å². The Balaban J connectivity index is 0.00000341. The summed E-state index contributed by atoms with van der Waals surface area (Å²) in [6, 6.07) is 18.2. The summed E-state index contributed by atoms with van der Waals surface area (Å²) in [5.41, 5.74) is 2.24. The van der Waals surface area contributed by atoms with Gasteiger partial charge in [0.25, 0.3) is 0 Å². The van der Waals surface area contributed by atoms with Gasteiger partial charge in [-0.1, -0.05) is 63.2 Å². The largest absolute Gasteiger partial charge is 0.489 e. The lowest BCUT2D eigenvalue weighted by Gasteiger charge is -2.13. The van der Waals surface area contributed by atoms with Crippen LogP contribution in [-0.4, -0.2) is 18.0 Å². The summed E-state index contributed by atoms with van der Waals surface area (Å²) in [5, 5.41) is 6.54. The van der Waals surface area contributed by atoms with Gasteiger partial charge in [-0.05, 0) is 23.3 Å². The third-order valence-corrected chi connectivity index (χ3v) is 4.56. The number of nitrogens with one attached hydrogen (secondary N) is 2. The first-order valence-electron chi connectivity index (χ1n) is 10.1. The number of aliphatic imine (C=N–C) groups is 1. The molecule has 0 bridgehead atoms. The predicted octanol–water partition coefficient (Wildman–Crippen LogP) is 5.03. The molecule has 7 heteroatoms. The molecule has 0 spiro atoms. The summed E-state index contributed by atoms with van der Waals surface area (Å²) in [7, 11) is 1.75. The first-order chi connectivity index (χ1) is 14.4. The topological polar surface area (TPSA) is 71.7 Å². The van der Waals surface area contributed by atoms with E-state index in [4.69, 9.17) is 9.15 Å². The van der Waals surface area contributed by atoms with Crippen molar-refractivity contribution in [1.82, 2.24) is 15.6 Å². The van der Waals surface area contributed by atoms with Crippen molar-refractivity contribution in [1.29, 1.82) is 0 Å². The van der Waals surface area contributed by atoms with Crippen molar-refractivity contribution in [2.75, 3.05) is 7.05 Å². The third kappa shape index (κ3) is 7.90. The minimum absolute atomic E-state index is 0. The molecule has 0 saturated heterocycles. The van der Waals surface area contributed by atoms with Crippen molar-refractivity contribution in [2.45, 2.75) is 45.9 Å². The number of hydrogen-bond donors (Lipinski definition) is 2. The van der Waals surface area contributed by atoms with E-state index >= 15 is 0 Å². The number of nitrogens with zero attached hydrogens (tertiary/aromatic N) is 2. The molecule has 0 aliphatic carbocycles. The number of oxazole rings is 1. The molecule has 3 rings (SSSR count). The smallest absolute Gasteiger partial charge is 0.213 e. The van der Waals surface area contributed by atoms with Crippen LogP contribution in [0.2, 0.25) is 0 Å². The SMILES string of the molecule is CN=C(NCc1ccc(COc2ccccc2)cc1)NCc1ncc(C(C)(C)C)o1.I. The zero-order valence-electron chi connectivity index (χ0n) is 18.5. The first-order valence-corrected chi connectivity index (χ1v) is 10.1. The van der Waals surface area contributed by atoms with Crippen molar-refractivity contribution < 1.29 is 9.15 Å². The first kappa shape index (κ1) is 24.7. The molecular formula is C24H31IN4O2. The van der Waals surface area contributed by atoms with Crippen LogP contribution < -0.4 is 15.4 Å². The Kier molecular flexibility index (Phi) is 9.36. The number of guanidine groups is 1. The number of para-hydroxylation sites is 1. The Morgan fingerprint density at radius 1 is 0.968 bits per heavy atom. The van der Waals surface area contributed by atoms with E-state index in [9.17, 15) is 0 Å². The van der Waals surface area contributed by atoms with Gasteiger partial charge in [0, 0.05) is 19.0 Å². The van der Waals surface area contributed by atoms with Crippen LogP contribution >= 0.6 is 24.0 Å². The highest BCUT2D eigenvalue weighted by molar-refractivity contribution is 14.0. The van der Waals surface area contributed by atoms with E-state index in [0.29, 0.717) is 31.5 Å². The Morgan fingerprint density at radius 3 is 2.23 bits per heavy atom. The highest BCUT2D eigenvalue weighted by atomic mass is 127. The van der Waals surface area contributed by atoms with Crippen LogP contribution in [0.4, 0.5) is 0 Å². The number of aromatic nitrogens is 1. The minimum Gasteiger partial charge on any atom is -0.489 e. The molecule has 2 N–H and O–H groups in total. The fraction of sp³-hybridized carbons (Fsp3) is 0.333. The molecule has 6 nitrogen and oxygen atoms in total. The predicted molar refractivity (Wildman–Crippen MR) is 135 cm³/mol. The Labute approximate surface area is 201 Å². The molecular weight excluding hydrogens is 503 g/mol. The Morgan fingerprint density at radius 2 is 1.61 bits per heavy atom. The molecule has 0 amide bonds. The summed E-state index contributed by atoms with van der Waals surface area (Å²) >= 11 is 0. The number of hydrogen-bond acceptors (Lipinski definition) is 4. The quantitative estimate of drug-likeness (QED) is 0.253. The molecule has 0 aliphatic rings. The fourth-order valence-corrected chi connectivity index (χ4v) is 2.74. The van der Waals surface area contributed by atoms with Gasteiger partial charge in [-0.3, -0.25) is 4.99 Å². The minimum atomic E-state index is -0.0521. The van der Waals surface area contributed by atoms with E-state index in [-0.39, 0.29) is 29.4 Å². The van der Waals surface area contributed by atoms with Crippen molar-refractivity contribution >= 4 is 29.9 Å². The van der Waals surface area contributed by atoms with Gasteiger partial charge in [-0.25, -0.2) is 4.98 Å². The molecule has 0 fully saturated rings. The van der Waals surface area contributed by atoms with Gasteiger partial charge in [0.05, 0.1) is 12.7 Å². The van der Waals surface area contributed by atoms with Crippen LogP contribution in [0.15, 0.2) is 70.2 Å². The van der Waals surface area contributed by atoms with Crippen LogP contribution in [-0.2, 0) is 25.1 Å². The number of rotatable bonds is 7. The zero-order chi connectivity index (χ0) is 21.4. The van der Waals surface area contributed by atoms with Crippen LogP contribution in [0.3, 0.4) is 0 Å². The second-order valence-corrected chi connectivity index (χ2v) is 8.07. The van der Waals surface area contributed by atoms with Crippen LogP contribution in [0.1, 0.15) is 43.5 Å². The highest BCUT2D eigenvalue weighted by Gasteiger charge is 2.19. The summed E-state index contributed by atoms with van der Waals surface area (Å²) in [6.45, 7) is 8.00. The normalized spacial score (nSPS) is 11.5. The van der Waals surface area contributed by atoms with Gasteiger partial charge in [-0.15, -0.1) is 24.0 Å². The molecule has 166 valence electrons. The van der Waals surface area contributed by atoms with Crippen molar-refractivity contribution in [3.05, 3.63) is 83.6 Å². The van der Waals surface area contributed by atoms with Crippen molar-refractivity contribution in [2.24, 2.45) is 4.99 Å². The lowest BCUT2D eigenvalue weighted by Crippen LogP contribution is -2.36. The van der Waals surface area contributed by atoms with Gasteiger partial charge in [0.15, 0.2) is 5.96 Å². The second-order valence-electron chi connectivity index (χ2n) is 8.07. The van der Waals surface area contributed by atoms with Crippen molar-refractivity contribution in [3.8, 4) is 5.75 Å². The van der Waals surface area contributed by atoms with E-state index in [1.54, 1.807) is 13.2 Å². The molecule has 1 aromatic heterocycles. The summed E-state index contributed by atoms with van der Waals surface area (Å²) in [4.78, 5) is 8.59. The second kappa shape index (κ2) is 11.7. The molecule has 3 aromatic rings. The van der Waals surface area contributed by atoms with E-state index in [0.717, 1.165) is 22.6 Å². The van der Waals surface area contributed by atoms with Crippen molar-refractivity contribution in [3.63, 3.8) is 0 Å². The van der Waals surface area contributed by atoms with E-state index < -0.39 is 0 Å². The van der Waals surface area contributed by atoms with Gasteiger partial charge in [0.2, 0.25) is 5.89 Å². The van der Waals surface area contributed by atoms with Crippen LogP contribution in [0, 0.1) is 0 Å². The Hall–Kier alpha value is -2.55. The molecule has 0 aliphatic heterocycles. The van der Waals surface area contributed by atoms with Gasteiger partial charge in [0.1, 0.15) is 18.1 Å². The zero-order valence-corrected chi connectivity index (χ0v) is 20.8.